The molecule has 0 saturated heterocycles. The van der Waals surface area contributed by atoms with Crippen LogP contribution in [-0.2, 0) is 9.59 Å². The highest BCUT2D eigenvalue weighted by molar-refractivity contribution is 6.26. The van der Waals surface area contributed by atoms with Crippen molar-refractivity contribution in [1.29, 1.82) is 0 Å². The maximum atomic E-state index is 13.8. The molecule has 0 aliphatic heterocycles. The molecular weight excluding hydrogens is 432 g/mol. The molecule has 0 spiro atoms. The zero-order valence-corrected chi connectivity index (χ0v) is 18.5. The van der Waals surface area contributed by atoms with Crippen molar-refractivity contribution in [2.75, 3.05) is 0 Å². The quantitative estimate of drug-likeness (QED) is 0.228. The second-order valence-corrected chi connectivity index (χ2v) is 7.53. The van der Waals surface area contributed by atoms with E-state index in [1.807, 2.05) is 0 Å². The number of ketones is 2. The van der Waals surface area contributed by atoms with E-state index in [2.05, 4.69) is 0 Å². The minimum atomic E-state index is -0.661. The Bertz CT molecular complexity index is 1310. The normalized spacial score (nSPS) is 10.5. The zero-order chi connectivity index (χ0) is 24.2. The van der Waals surface area contributed by atoms with Gasteiger partial charge in [-0.2, -0.15) is 0 Å². The summed E-state index contributed by atoms with van der Waals surface area (Å²) in [6, 6.07) is 23.3. The van der Waals surface area contributed by atoms with Gasteiger partial charge in [-0.25, -0.2) is 0 Å². The van der Waals surface area contributed by atoms with Gasteiger partial charge in [0.1, 0.15) is 0 Å². The lowest BCUT2D eigenvalue weighted by atomic mass is 9.88. The van der Waals surface area contributed by atoms with E-state index < -0.39 is 23.5 Å². The Hall–Kier alpha value is -4.58. The second-order valence-electron chi connectivity index (χ2n) is 7.53. The molecule has 4 aromatic rings. The largest absolute Gasteiger partial charge is 0.425 e. The number of rotatable bonds is 6. The summed E-state index contributed by atoms with van der Waals surface area (Å²) >= 11 is 0. The smallest absolute Gasteiger partial charge is 0.308 e. The van der Waals surface area contributed by atoms with Gasteiger partial charge in [0.25, 0.3) is 0 Å². The Morgan fingerprint density at radius 1 is 0.500 bits per heavy atom. The number of ether oxygens (including phenoxy) is 2. The molecule has 0 aliphatic rings. The summed E-state index contributed by atoms with van der Waals surface area (Å²) in [7, 11) is 0. The molecule has 0 radical (unpaired) electrons. The third kappa shape index (κ3) is 4.34. The standard InChI is InChI=1S/C28H20O6/c1-17(29)33-27-21-15-9-10-16-22(21)28(34-18(2)30)24(26(32)20-13-7-4-8-14-20)23(27)25(31)19-11-5-3-6-12-19/h3-16H,1-2H3. The zero-order valence-electron chi connectivity index (χ0n) is 18.5. The number of fused-ring (bicyclic) bond motifs is 1. The molecule has 0 bridgehead atoms. The Morgan fingerprint density at radius 3 is 1.15 bits per heavy atom. The fraction of sp³-hybridized carbons (Fsp3) is 0.0714. The van der Waals surface area contributed by atoms with Crippen LogP contribution in [0.25, 0.3) is 10.8 Å². The number of hydrogen-bond donors (Lipinski definition) is 0. The van der Waals surface area contributed by atoms with E-state index in [9.17, 15) is 19.2 Å². The molecule has 0 N–H and O–H groups in total. The first-order valence-corrected chi connectivity index (χ1v) is 10.5. The van der Waals surface area contributed by atoms with Crippen molar-refractivity contribution in [1.82, 2.24) is 0 Å². The minimum Gasteiger partial charge on any atom is -0.425 e. The average Bonchev–Trinajstić information content (AvgIpc) is 2.85. The van der Waals surface area contributed by atoms with Gasteiger partial charge < -0.3 is 9.47 Å². The summed E-state index contributed by atoms with van der Waals surface area (Å²) in [6.45, 7) is 2.43. The van der Waals surface area contributed by atoms with Crippen molar-refractivity contribution < 1.29 is 28.7 Å². The Morgan fingerprint density at radius 2 is 0.824 bits per heavy atom. The molecule has 0 atom stereocenters. The van der Waals surface area contributed by atoms with Crippen LogP contribution in [0.2, 0.25) is 0 Å². The number of carbonyl (C=O) groups is 4. The molecule has 34 heavy (non-hydrogen) atoms. The Labute approximate surface area is 195 Å². The van der Waals surface area contributed by atoms with Crippen LogP contribution < -0.4 is 9.47 Å². The summed E-state index contributed by atoms with van der Waals surface area (Å²) in [5.74, 6) is -2.54. The lowest BCUT2D eigenvalue weighted by molar-refractivity contribution is -0.133. The molecular formula is C28H20O6. The fourth-order valence-electron chi connectivity index (χ4n) is 3.78. The predicted octanol–water partition coefficient (Wildman–Crippen LogP) is 5.15. The van der Waals surface area contributed by atoms with Crippen LogP contribution in [0.5, 0.6) is 11.5 Å². The SMILES string of the molecule is CC(=O)Oc1c(C(=O)c2ccccc2)c(C(=O)c2ccccc2)c(OC(C)=O)c2ccccc12. The monoisotopic (exact) mass is 452 g/mol. The molecule has 0 aromatic heterocycles. The molecule has 0 fully saturated rings. The van der Waals surface area contributed by atoms with E-state index in [0.29, 0.717) is 10.8 Å². The van der Waals surface area contributed by atoms with Gasteiger partial charge >= 0.3 is 11.9 Å². The van der Waals surface area contributed by atoms with E-state index in [0.717, 1.165) is 0 Å². The molecule has 6 nitrogen and oxygen atoms in total. The van der Waals surface area contributed by atoms with Crippen LogP contribution >= 0.6 is 0 Å². The first-order chi connectivity index (χ1) is 16.4. The second kappa shape index (κ2) is 9.50. The van der Waals surface area contributed by atoms with Gasteiger partial charge in [0.15, 0.2) is 23.1 Å². The molecule has 0 heterocycles. The van der Waals surface area contributed by atoms with Crippen LogP contribution in [0.15, 0.2) is 84.9 Å². The van der Waals surface area contributed by atoms with Gasteiger partial charge in [-0.15, -0.1) is 0 Å². The van der Waals surface area contributed by atoms with Crippen LogP contribution in [0.4, 0.5) is 0 Å². The molecule has 168 valence electrons. The van der Waals surface area contributed by atoms with Gasteiger partial charge in [0.2, 0.25) is 0 Å². The lowest BCUT2D eigenvalue weighted by Gasteiger charge is -2.20. The molecule has 0 saturated carbocycles. The van der Waals surface area contributed by atoms with Crippen LogP contribution in [-0.4, -0.2) is 23.5 Å². The fourth-order valence-corrected chi connectivity index (χ4v) is 3.78. The number of hydrogen-bond acceptors (Lipinski definition) is 6. The topological polar surface area (TPSA) is 86.7 Å². The number of esters is 2. The van der Waals surface area contributed by atoms with Gasteiger partial charge in [-0.3, -0.25) is 19.2 Å². The summed E-state index contributed by atoms with van der Waals surface area (Å²) in [5, 5.41) is 0.718. The summed E-state index contributed by atoms with van der Waals surface area (Å²) in [4.78, 5) is 51.8. The maximum Gasteiger partial charge on any atom is 0.308 e. The first-order valence-electron chi connectivity index (χ1n) is 10.5. The summed E-state index contributed by atoms with van der Waals surface area (Å²) in [5.41, 5.74) is 0.263. The van der Waals surface area contributed by atoms with Crippen LogP contribution in [0.1, 0.15) is 45.7 Å². The Kier molecular flexibility index (Phi) is 6.32. The molecule has 6 heteroatoms. The molecule has 4 rings (SSSR count). The van der Waals surface area contributed by atoms with E-state index in [-0.39, 0.29) is 33.8 Å². The van der Waals surface area contributed by atoms with Crippen molar-refractivity contribution in [3.63, 3.8) is 0 Å². The van der Waals surface area contributed by atoms with Gasteiger partial charge in [0.05, 0.1) is 11.1 Å². The number of benzene rings is 4. The van der Waals surface area contributed by atoms with Crippen molar-refractivity contribution in [3.8, 4) is 11.5 Å². The van der Waals surface area contributed by atoms with E-state index >= 15 is 0 Å². The van der Waals surface area contributed by atoms with Crippen molar-refractivity contribution in [3.05, 3.63) is 107 Å². The summed E-state index contributed by atoms with van der Waals surface area (Å²) in [6.07, 6.45) is 0. The van der Waals surface area contributed by atoms with Crippen molar-refractivity contribution >= 4 is 34.3 Å². The van der Waals surface area contributed by atoms with Gasteiger partial charge in [-0.1, -0.05) is 84.9 Å². The first kappa shape index (κ1) is 22.6. The Balaban J connectivity index is 2.18. The lowest BCUT2D eigenvalue weighted by Crippen LogP contribution is -2.18. The maximum absolute atomic E-state index is 13.8. The van der Waals surface area contributed by atoms with Crippen molar-refractivity contribution in [2.45, 2.75) is 13.8 Å². The minimum absolute atomic E-state index is 0.0628. The average molecular weight is 452 g/mol. The van der Waals surface area contributed by atoms with Gasteiger partial charge in [0, 0.05) is 35.7 Å². The van der Waals surface area contributed by atoms with Crippen molar-refractivity contribution in [2.24, 2.45) is 0 Å². The van der Waals surface area contributed by atoms with E-state index in [4.69, 9.17) is 9.47 Å². The third-order valence-corrected chi connectivity index (χ3v) is 5.14. The number of carbonyl (C=O) groups excluding carboxylic acids is 4. The molecule has 0 unspecified atom stereocenters. The third-order valence-electron chi connectivity index (χ3n) is 5.14. The highest BCUT2D eigenvalue weighted by Gasteiger charge is 2.32. The molecule has 4 aromatic carbocycles. The highest BCUT2D eigenvalue weighted by Crippen LogP contribution is 2.43. The van der Waals surface area contributed by atoms with E-state index in [1.165, 1.54) is 13.8 Å². The van der Waals surface area contributed by atoms with Gasteiger partial charge in [-0.05, 0) is 0 Å². The van der Waals surface area contributed by atoms with Crippen LogP contribution in [0.3, 0.4) is 0 Å². The summed E-state index contributed by atoms with van der Waals surface area (Å²) < 4.78 is 11.1. The molecule has 0 aliphatic carbocycles. The highest BCUT2D eigenvalue weighted by atomic mass is 16.5. The predicted molar refractivity (Wildman–Crippen MR) is 126 cm³/mol. The molecule has 0 amide bonds. The van der Waals surface area contributed by atoms with E-state index in [1.54, 1.807) is 84.9 Å². The van der Waals surface area contributed by atoms with Crippen LogP contribution in [0, 0.1) is 0 Å².